The second kappa shape index (κ2) is 8.62. The molecule has 156 valence electrons. The Morgan fingerprint density at radius 1 is 1.33 bits per heavy atom. The number of fused-ring (bicyclic) bond motifs is 1. The smallest absolute Gasteiger partial charge is 0.267 e. The predicted molar refractivity (Wildman–Crippen MR) is 122 cm³/mol. The molecule has 6 nitrogen and oxygen atoms in total. The molecule has 2 heterocycles. The molecule has 30 heavy (non-hydrogen) atoms. The van der Waals surface area contributed by atoms with Gasteiger partial charge in [0.05, 0.1) is 22.9 Å². The van der Waals surface area contributed by atoms with Crippen molar-refractivity contribution in [1.82, 2.24) is 14.9 Å². The standard InChI is InChI=1S/C22H24N4O2S2/c1-13(2)22(5,12-23)25-17(27)11-29-21-24-19-18(14(3)15(4)30-19)20(28)26(21)16-9-7-6-8-10-16/h6-10,13H,11H2,1-5H3,(H,25,27). The second-order valence-corrected chi connectivity index (χ2v) is 9.79. The molecule has 3 aromatic rings. The highest BCUT2D eigenvalue weighted by Gasteiger charge is 2.30. The Morgan fingerprint density at radius 2 is 2.00 bits per heavy atom. The molecule has 0 saturated heterocycles. The van der Waals surface area contributed by atoms with Crippen LogP contribution in [0, 0.1) is 31.1 Å². The van der Waals surface area contributed by atoms with E-state index in [9.17, 15) is 14.9 Å². The van der Waals surface area contributed by atoms with Crippen LogP contribution in [-0.4, -0.2) is 26.8 Å². The van der Waals surface area contributed by atoms with Crippen molar-refractivity contribution in [2.75, 3.05) is 5.75 Å². The Kier molecular flexibility index (Phi) is 6.34. The molecule has 1 unspecified atom stereocenters. The van der Waals surface area contributed by atoms with Gasteiger partial charge in [-0.1, -0.05) is 43.8 Å². The lowest BCUT2D eigenvalue weighted by Crippen LogP contribution is -2.49. The van der Waals surface area contributed by atoms with E-state index in [1.54, 1.807) is 11.5 Å². The van der Waals surface area contributed by atoms with Gasteiger partial charge in [0.15, 0.2) is 5.16 Å². The number of hydrogen-bond donors (Lipinski definition) is 1. The summed E-state index contributed by atoms with van der Waals surface area (Å²) in [5, 5.41) is 13.3. The highest BCUT2D eigenvalue weighted by Crippen LogP contribution is 2.29. The number of rotatable bonds is 6. The highest BCUT2D eigenvalue weighted by atomic mass is 32.2. The minimum atomic E-state index is -0.948. The second-order valence-electron chi connectivity index (χ2n) is 7.64. The van der Waals surface area contributed by atoms with Gasteiger partial charge in [0.1, 0.15) is 10.4 Å². The third-order valence-electron chi connectivity index (χ3n) is 5.30. The summed E-state index contributed by atoms with van der Waals surface area (Å²) >= 11 is 2.68. The summed E-state index contributed by atoms with van der Waals surface area (Å²) in [7, 11) is 0. The van der Waals surface area contributed by atoms with E-state index < -0.39 is 5.54 Å². The Hall–Kier alpha value is -2.63. The van der Waals surface area contributed by atoms with Gasteiger partial charge in [0.25, 0.3) is 5.56 Å². The highest BCUT2D eigenvalue weighted by molar-refractivity contribution is 7.99. The molecule has 3 rings (SSSR count). The fourth-order valence-electron chi connectivity index (χ4n) is 2.93. The SMILES string of the molecule is Cc1sc2nc(SCC(=O)NC(C)(C#N)C(C)C)n(-c3ccccc3)c(=O)c2c1C. The molecule has 0 radical (unpaired) electrons. The van der Waals surface area contributed by atoms with Crippen LogP contribution in [0.5, 0.6) is 0 Å². The van der Waals surface area contributed by atoms with E-state index in [0.717, 1.165) is 10.4 Å². The first kappa shape index (κ1) is 22.1. The molecule has 1 aromatic carbocycles. The molecule has 1 atom stereocenters. The van der Waals surface area contributed by atoms with Crippen LogP contribution in [0.25, 0.3) is 15.9 Å². The summed E-state index contributed by atoms with van der Waals surface area (Å²) < 4.78 is 1.56. The molecule has 0 aliphatic rings. The van der Waals surface area contributed by atoms with Gasteiger partial charge in [-0.25, -0.2) is 4.98 Å². The molecule has 1 N–H and O–H groups in total. The maximum absolute atomic E-state index is 13.4. The van der Waals surface area contributed by atoms with Crippen LogP contribution >= 0.6 is 23.1 Å². The van der Waals surface area contributed by atoms with Gasteiger partial charge < -0.3 is 5.32 Å². The summed E-state index contributed by atoms with van der Waals surface area (Å²) in [5.74, 6) is -0.256. The van der Waals surface area contributed by atoms with Crippen molar-refractivity contribution in [3.8, 4) is 11.8 Å². The van der Waals surface area contributed by atoms with E-state index in [1.807, 2.05) is 58.0 Å². The van der Waals surface area contributed by atoms with Crippen LogP contribution in [0.4, 0.5) is 0 Å². The monoisotopic (exact) mass is 440 g/mol. The number of nitrogens with zero attached hydrogens (tertiary/aromatic N) is 3. The summed E-state index contributed by atoms with van der Waals surface area (Å²) in [6, 6.07) is 11.5. The van der Waals surface area contributed by atoms with E-state index in [1.165, 1.54) is 23.1 Å². The zero-order chi connectivity index (χ0) is 22.1. The van der Waals surface area contributed by atoms with Crippen molar-refractivity contribution in [2.24, 2.45) is 5.92 Å². The number of nitrogens with one attached hydrogen (secondary N) is 1. The number of carbonyl (C=O) groups excluding carboxylic acids is 1. The number of para-hydroxylation sites is 1. The molecule has 0 bridgehead atoms. The van der Waals surface area contributed by atoms with E-state index in [4.69, 9.17) is 4.98 Å². The summed E-state index contributed by atoms with van der Waals surface area (Å²) in [5.41, 5.74) is 0.552. The maximum Gasteiger partial charge on any atom is 0.267 e. The summed E-state index contributed by atoms with van der Waals surface area (Å²) in [6.45, 7) is 9.40. The molecule has 0 aliphatic heterocycles. The average Bonchev–Trinajstić information content (AvgIpc) is 3.00. The third kappa shape index (κ3) is 4.13. The quantitative estimate of drug-likeness (QED) is 0.458. The molecule has 0 fully saturated rings. The molecule has 8 heteroatoms. The zero-order valence-corrected chi connectivity index (χ0v) is 19.3. The lowest BCUT2D eigenvalue weighted by atomic mass is 9.90. The van der Waals surface area contributed by atoms with Crippen LogP contribution in [0.1, 0.15) is 31.2 Å². The minimum absolute atomic E-state index is 0.0366. The van der Waals surface area contributed by atoms with Gasteiger partial charge in [-0.2, -0.15) is 5.26 Å². The molecule has 1 amide bonds. The molecular weight excluding hydrogens is 416 g/mol. The lowest BCUT2D eigenvalue weighted by Gasteiger charge is -2.27. The average molecular weight is 441 g/mol. The van der Waals surface area contributed by atoms with Crippen LogP contribution < -0.4 is 10.9 Å². The lowest BCUT2D eigenvalue weighted by molar-refractivity contribution is -0.120. The number of thioether (sulfide) groups is 1. The summed E-state index contributed by atoms with van der Waals surface area (Å²) in [4.78, 5) is 32.4. The van der Waals surface area contributed by atoms with Crippen molar-refractivity contribution < 1.29 is 4.79 Å². The topological polar surface area (TPSA) is 87.8 Å². The molecule has 2 aromatic heterocycles. The largest absolute Gasteiger partial charge is 0.337 e. The van der Waals surface area contributed by atoms with Gasteiger partial charge in [-0.05, 0) is 44.4 Å². The van der Waals surface area contributed by atoms with Crippen LogP contribution in [0.3, 0.4) is 0 Å². The first-order valence-corrected chi connectivity index (χ1v) is 11.4. The van der Waals surface area contributed by atoms with Crippen LogP contribution in [0.15, 0.2) is 40.3 Å². The number of benzene rings is 1. The predicted octanol–water partition coefficient (Wildman–Crippen LogP) is 4.21. The van der Waals surface area contributed by atoms with E-state index in [-0.39, 0.29) is 23.1 Å². The van der Waals surface area contributed by atoms with Crippen molar-refractivity contribution >= 4 is 39.2 Å². The van der Waals surface area contributed by atoms with Gasteiger partial charge in [0, 0.05) is 4.88 Å². The van der Waals surface area contributed by atoms with Crippen molar-refractivity contribution in [3.05, 3.63) is 51.1 Å². The molecule has 0 saturated carbocycles. The number of thiophene rings is 1. The Morgan fingerprint density at radius 3 is 2.60 bits per heavy atom. The van der Waals surface area contributed by atoms with Crippen molar-refractivity contribution in [3.63, 3.8) is 0 Å². The van der Waals surface area contributed by atoms with Gasteiger partial charge in [0.2, 0.25) is 5.91 Å². The van der Waals surface area contributed by atoms with Crippen molar-refractivity contribution in [2.45, 2.75) is 45.3 Å². The molecule has 0 aliphatic carbocycles. The van der Waals surface area contributed by atoms with E-state index in [2.05, 4.69) is 11.4 Å². The number of carbonyl (C=O) groups is 1. The number of hydrogen-bond acceptors (Lipinski definition) is 6. The van der Waals surface area contributed by atoms with E-state index in [0.29, 0.717) is 21.1 Å². The number of aryl methyl sites for hydroxylation is 2. The Bertz CT molecular complexity index is 1190. The van der Waals surface area contributed by atoms with Gasteiger partial charge in [-0.15, -0.1) is 11.3 Å². The normalized spacial score (nSPS) is 13.2. The number of aromatic nitrogens is 2. The minimum Gasteiger partial charge on any atom is -0.337 e. The Labute approximate surface area is 183 Å². The fraction of sp³-hybridized carbons (Fsp3) is 0.364. The number of amides is 1. The van der Waals surface area contributed by atoms with Crippen molar-refractivity contribution in [1.29, 1.82) is 5.26 Å². The maximum atomic E-state index is 13.4. The zero-order valence-electron chi connectivity index (χ0n) is 17.6. The molecular formula is C22H24N4O2S2. The third-order valence-corrected chi connectivity index (χ3v) is 7.34. The first-order valence-electron chi connectivity index (χ1n) is 9.61. The Balaban J connectivity index is 2.00. The van der Waals surface area contributed by atoms with Gasteiger partial charge in [-0.3, -0.25) is 14.2 Å². The molecule has 0 spiro atoms. The fourth-order valence-corrected chi connectivity index (χ4v) is 4.82. The summed E-state index contributed by atoms with van der Waals surface area (Å²) in [6.07, 6.45) is 0. The van der Waals surface area contributed by atoms with E-state index >= 15 is 0 Å². The number of nitriles is 1. The van der Waals surface area contributed by atoms with Crippen LogP contribution in [0.2, 0.25) is 0 Å². The first-order chi connectivity index (χ1) is 14.2. The van der Waals surface area contributed by atoms with Crippen LogP contribution in [-0.2, 0) is 4.79 Å². The van der Waals surface area contributed by atoms with Gasteiger partial charge >= 0.3 is 0 Å².